The van der Waals surface area contributed by atoms with Gasteiger partial charge in [0.25, 0.3) is 0 Å². The minimum atomic E-state index is 0.245. The smallest absolute Gasteiger partial charge is 0.227 e. The largest absolute Gasteiger partial charge is 0.368 e. The Balaban J connectivity index is 1.64. The van der Waals surface area contributed by atoms with Crippen molar-refractivity contribution in [2.24, 2.45) is 0 Å². The van der Waals surface area contributed by atoms with Crippen molar-refractivity contribution < 1.29 is 4.79 Å². The number of para-hydroxylation sites is 1. The summed E-state index contributed by atoms with van der Waals surface area (Å²) < 4.78 is 0. The van der Waals surface area contributed by atoms with Gasteiger partial charge in [-0.15, -0.1) is 0 Å². The van der Waals surface area contributed by atoms with E-state index in [1.165, 1.54) is 22.4 Å². The molecule has 1 saturated heterocycles. The van der Waals surface area contributed by atoms with Crippen LogP contribution in [0.4, 0.5) is 5.69 Å². The van der Waals surface area contributed by atoms with Crippen molar-refractivity contribution in [3.8, 4) is 0 Å². The predicted molar refractivity (Wildman–Crippen MR) is 104 cm³/mol. The highest BCUT2D eigenvalue weighted by Gasteiger charge is 2.23. The number of hydrogen-bond donors (Lipinski definition) is 0. The summed E-state index contributed by atoms with van der Waals surface area (Å²) >= 11 is 0. The van der Waals surface area contributed by atoms with Crippen LogP contribution in [0.5, 0.6) is 0 Å². The molecule has 132 valence electrons. The Hall–Kier alpha value is -2.29. The van der Waals surface area contributed by atoms with E-state index in [2.05, 4.69) is 56.0 Å². The summed E-state index contributed by atoms with van der Waals surface area (Å²) in [6.07, 6.45) is 1.56. The quantitative estimate of drug-likeness (QED) is 0.849. The van der Waals surface area contributed by atoms with Gasteiger partial charge in [0, 0.05) is 31.9 Å². The molecule has 1 fully saturated rings. The van der Waals surface area contributed by atoms with E-state index in [0.717, 1.165) is 38.2 Å². The second-order valence-electron chi connectivity index (χ2n) is 6.91. The maximum absolute atomic E-state index is 12.7. The first kappa shape index (κ1) is 17.5. The number of amides is 1. The van der Waals surface area contributed by atoms with E-state index in [1.54, 1.807) is 0 Å². The van der Waals surface area contributed by atoms with Gasteiger partial charge in [-0.2, -0.15) is 0 Å². The maximum atomic E-state index is 12.7. The summed E-state index contributed by atoms with van der Waals surface area (Å²) in [6.45, 7) is 9.91. The third kappa shape index (κ3) is 3.87. The van der Waals surface area contributed by atoms with E-state index >= 15 is 0 Å². The highest BCUT2D eigenvalue weighted by Crippen LogP contribution is 2.27. The Kier molecular flexibility index (Phi) is 5.42. The molecule has 0 radical (unpaired) electrons. The second kappa shape index (κ2) is 7.73. The fourth-order valence-corrected chi connectivity index (χ4v) is 3.72. The van der Waals surface area contributed by atoms with Crippen LogP contribution in [0.25, 0.3) is 0 Å². The fourth-order valence-electron chi connectivity index (χ4n) is 3.72. The van der Waals surface area contributed by atoms with E-state index in [0.29, 0.717) is 6.42 Å². The lowest BCUT2D eigenvalue weighted by molar-refractivity contribution is -0.130. The average molecular weight is 336 g/mol. The highest BCUT2D eigenvalue weighted by atomic mass is 16.2. The molecule has 0 spiro atoms. The van der Waals surface area contributed by atoms with Crippen LogP contribution >= 0.6 is 0 Å². The molecule has 3 heteroatoms. The number of carbonyl (C=O) groups is 1. The molecule has 3 rings (SSSR count). The summed E-state index contributed by atoms with van der Waals surface area (Å²) in [7, 11) is 0. The molecule has 25 heavy (non-hydrogen) atoms. The Morgan fingerprint density at radius 2 is 1.52 bits per heavy atom. The zero-order chi connectivity index (χ0) is 17.8. The van der Waals surface area contributed by atoms with Crippen LogP contribution in [-0.4, -0.2) is 37.0 Å². The molecular weight excluding hydrogens is 308 g/mol. The van der Waals surface area contributed by atoms with Crippen LogP contribution in [0.2, 0.25) is 0 Å². The van der Waals surface area contributed by atoms with Gasteiger partial charge in [-0.3, -0.25) is 4.79 Å². The molecule has 0 aliphatic carbocycles. The first-order valence-electron chi connectivity index (χ1n) is 9.26. The lowest BCUT2D eigenvalue weighted by atomic mass is 10.0. The molecule has 0 unspecified atom stereocenters. The number of nitrogens with zero attached hydrogens (tertiary/aromatic N) is 2. The van der Waals surface area contributed by atoms with Crippen molar-refractivity contribution in [2.75, 3.05) is 31.1 Å². The average Bonchev–Trinajstić information content (AvgIpc) is 2.63. The Morgan fingerprint density at radius 1 is 0.880 bits per heavy atom. The molecule has 3 nitrogen and oxygen atoms in total. The van der Waals surface area contributed by atoms with Gasteiger partial charge in [0.15, 0.2) is 0 Å². The van der Waals surface area contributed by atoms with Crippen LogP contribution in [0.3, 0.4) is 0 Å². The van der Waals surface area contributed by atoms with Crippen LogP contribution in [0.15, 0.2) is 42.5 Å². The molecular formula is C22H28N2O. The standard InChI is InChI=1S/C22H28N2O/c1-4-19-11-7-9-18(3)22(19)24-14-12-23(13-15-24)21(25)16-20-10-6-5-8-17(20)2/h5-11H,4,12-16H2,1-3H3. The first-order valence-corrected chi connectivity index (χ1v) is 9.26. The summed E-state index contributed by atoms with van der Waals surface area (Å²) in [6, 6.07) is 14.7. The summed E-state index contributed by atoms with van der Waals surface area (Å²) in [4.78, 5) is 17.1. The molecule has 1 aliphatic rings. The van der Waals surface area contributed by atoms with Gasteiger partial charge in [-0.05, 0) is 42.5 Å². The minimum Gasteiger partial charge on any atom is -0.368 e. The van der Waals surface area contributed by atoms with Crippen LogP contribution < -0.4 is 4.90 Å². The number of piperazine rings is 1. The zero-order valence-corrected chi connectivity index (χ0v) is 15.6. The second-order valence-corrected chi connectivity index (χ2v) is 6.91. The van der Waals surface area contributed by atoms with Crippen molar-refractivity contribution in [1.29, 1.82) is 0 Å². The summed E-state index contributed by atoms with van der Waals surface area (Å²) in [5.41, 5.74) is 6.44. The molecule has 1 amide bonds. The molecule has 0 saturated carbocycles. The third-order valence-electron chi connectivity index (χ3n) is 5.25. The topological polar surface area (TPSA) is 23.6 Å². The van der Waals surface area contributed by atoms with E-state index in [9.17, 15) is 4.79 Å². The van der Waals surface area contributed by atoms with Gasteiger partial charge in [0.05, 0.1) is 6.42 Å². The Bertz CT molecular complexity index is 745. The van der Waals surface area contributed by atoms with Gasteiger partial charge < -0.3 is 9.80 Å². The number of benzene rings is 2. The van der Waals surface area contributed by atoms with Gasteiger partial charge in [-0.25, -0.2) is 0 Å². The van der Waals surface area contributed by atoms with Gasteiger partial charge >= 0.3 is 0 Å². The lowest BCUT2D eigenvalue weighted by Gasteiger charge is -2.38. The Morgan fingerprint density at radius 3 is 2.20 bits per heavy atom. The number of aryl methyl sites for hydroxylation is 3. The number of rotatable bonds is 4. The molecule has 0 atom stereocenters. The zero-order valence-electron chi connectivity index (χ0n) is 15.6. The molecule has 0 N–H and O–H groups in total. The summed E-state index contributed by atoms with van der Waals surface area (Å²) in [5, 5.41) is 0. The van der Waals surface area contributed by atoms with E-state index < -0.39 is 0 Å². The maximum Gasteiger partial charge on any atom is 0.227 e. The van der Waals surface area contributed by atoms with E-state index in [-0.39, 0.29) is 5.91 Å². The van der Waals surface area contributed by atoms with E-state index in [4.69, 9.17) is 0 Å². The molecule has 2 aromatic carbocycles. The number of hydrogen-bond acceptors (Lipinski definition) is 2. The third-order valence-corrected chi connectivity index (χ3v) is 5.25. The number of anilines is 1. The first-order chi connectivity index (χ1) is 12.1. The monoisotopic (exact) mass is 336 g/mol. The SMILES string of the molecule is CCc1cccc(C)c1N1CCN(C(=O)Cc2ccccc2C)CC1. The lowest BCUT2D eigenvalue weighted by Crippen LogP contribution is -2.49. The van der Waals surface area contributed by atoms with Crippen LogP contribution in [-0.2, 0) is 17.6 Å². The van der Waals surface area contributed by atoms with Gasteiger partial charge in [0.2, 0.25) is 5.91 Å². The van der Waals surface area contributed by atoms with Gasteiger partial charge in [-0.1, -0.05) is 49.4 Å². The molecule has 1 heterocycles. The molecule has 0 bridgehead atoms. The van der Waals surface area contributed by atoms with Crippen molar-refractivity contribution in [3.05, 3.63) is 64.7 Å². The Labute approximate surface area is 151 Å². The van der Waals surface area contributed by atoms with Crippen LogP contribution in [0, 0.1) is 13.8 Å². The molecule has 2 aromatic rings. The summed E-state index contributed by atoms with van der Waals surface area (Å²) in [5.74, 6) is 0.245. The molecule has 0 aromatic heterocycles. The molecule has 1 aliphatic heterocycles. The normalized spacial score (nSPS) is 14.7. The van der Waals surface area contributed by atoms with Crippen molar-refractivity contribution in [1.82, 2.24) is 4.90 Å². The number of carbonyl (C=O) groups excluding carboxylic acids is 1. The van der Waals surface area contributed by atoms with Gasteiger partial charge in [0.1, 0.15) is 0 Å². The van der Waals surface area contributed by atoms with Crippen molar-refractivity contribution in [2.45, 2.75) is 33.6 Å². The van der Waals surface area contributed by atoms with E-state index in [1.807, 2.05) is 17.0 Å². The minimum absolute atomic E-state index is 0.245. The predicted octanol–water partition coefficient (Wildman–Crippen LogP) is 3.76. The highest BCUT2D eigenvalue weighted by molar-refractivity contribution is 5.79. The van der Waals surface area contributed by atoms with Crippen molar-refractivity contribution in [3.63, 3.8) is 0 Å². The van der Waals surface area contributed by atoms with Crippen LogP contribution in [0.1, 0.15) is 29.2 Å². The fraction of sp³-hybridized carbons (Fsp3) is 0.409. The van der Waals surface area contributed by atoms with Crippen molar-refractivity contribution >= 4 is 11.6 Å².